The number of hydrogen-bond donors (Lipinski definition) is 3. The van der Waals surface area contributed by atoms with Gasteiger partial charge < -0.3 is 20.1 Å². The summed E-state index contributed by atoms with van der Waals surface area (Å²) in [4.78, 5) is 3.91. The number of ether oxygens (including phenoxy) is 1. The lowest BCUT2D eigenvalue weighted by Gasteiger charge is -2.39. The van der Waals surface area contributed by atoms with Crippen molar-refractivity contribution in [2.45, 2.75) is 37.4 Å². The van der Waals surface area contributed by atoms with Gasteiger partial charge in [0.1, 0.15) is 24.4 Å². The number of hydrogen-bond acceptors (Lipinski definition) is 6. The average molecular weight is 281 g/mol. The van der Waals surface area contributed by atoms with Gasteiger partial charge in [-0.05, 0) is 25.2 Å². The number of aliphatic hydroxyl groups excluding tert-OH is 3. The first kappa shape index (κ1) is 14.3. The SMILES string of the molecule is C[C@@H]1O[C@@H](c2ccccc2N=C=S)[C@H](O)[C@H](O)[C@H]1O. The van der Waals surface area contributed by atoms with E-state index in [1.807, 2.05) is 0 Å². The molecule has 1 aliphatic rings. The molecule has 3 N–H and O–H groups in total. The van der Waals surface area contributed by atoms with Crippen LogP contribution < -0.4 is 0 Å². The van der Waals surface area contributed by atoms with Gasteiger partial charge in [0.2, 0.25) is 0 Å². The van der Waals surface area contributed by atoms with Crippen LogP contribution in [0.15, 0.2) is 29.3 Å². The van der Waals surface area contributed by atoms with Gasteiger partial charge in [-0.15, -0.1) is 0 Å². The Morgan fingerprint density at radius 2 is 1.84 bits per heavy atom. The number of nitrogens with zero attached hydrogens (tertiary/aromatic N) is 1. The Morgan fingerprint density at radius 3 is 2.53 bits per heavy atom. The van der Waals surface area contributed by atoms with Crippen molar-refractivity contribution in [2.24, 2.45) is 4.99 Å². The Bertz CT molecular complexity index is 503. The maximum absolute atomic E-state index is 10.0. The number of aliphatic imine (C=N–C) groups is 1. The number of thiocarbonyl (C=S) groups is 1. The molecule has 5 atom stereocenters. The molecule has 0 aromatic heterocycles. The molecule has 0 unspecified atom stereocenters. The van der Waals surface area contributed by atoms with Gasteiger partial charge >= 0.3 is 0 Å². The lowest BCUT2D eigenvalue weighted by Crippen LogP contribution is -2.53. The van der Waals surface area contributed by atoms with Crippen LogP contribution >= 0.6 is 12.2 Å². The quantitative estimate of drug-likeness (QED) is 0.556. The summed E-state index contributed by atoms with van der Waals surface area (Å²) >= 11 is 4.58. The van der Waals surface area contributed by atoms with Crippen molar-refractivity contribution >= 4 is 23.1 Å². The smallest absolute Gasteiger partial charge is 0.114 e. The first-order valence-electron chi connectivity index (χ1n) is 5.92. The van der Waals surface area contributed by atoms with E-state index in [-0.39, 0.29) is 0 Å². The molecule has 1 aromatic carbocycles. The second-order valence-electron chi connectivity index (χ2n) is 4.50. The van der Waals surface area contributed by atoms with Crippen molar-refractivity contribution in [3.05, 3.63) is 29.8 Å². The van der Waals surface area contributed by atoms with E-state index in [0.29, 0.717) is 11.3 Å². The molecule has 1 aromatic rings. The topological polar surface area (TPSA) is 82.3 Å². The molecule has 0 saturated carbocycles. The van der Waals surface area contributed by atoms with Crippen molar-refractivity contribution in [3.8, 4) is 0 Å². The molecule has 1 saturated heterocycles. The van der Waals surface area contributed by atoms with Crippen LogP contribution in [0, 0.1) is 0 Å². The van der Waals surface area contributed by atoms with Gasteiger partial charge in [-0.1, -0.05) is 18.2 Å². The first-order valence-corrected chi connectivity index (χ1v) is 6.33. The summed E-state index contributed by atoms with van der Waals surface area (Å²) < 4.78 is 5.57. The Hall–Kier alpha value is -1.14. The van der Waals surface area contributed by atoms with Crippen LogP contribution in [-0.2, 0) is 4.74 Å². The Morgan fingerprint density at radius 1 is 1.16 bits per heavy atom. The summed E-state index contributed by atoms with van der Waals surface area (Å²) in [5.74, 6) is 0. The zero-order valence-corrected chi connectivity index (χ0v) is 11.1. The monoisotopic (exact) mass is 281 g/mol. The predicted octanol–water partition coefficient (Wildman–Crippen LogP) is 0.963. The van der Waals surface area contributed by atoms with Crippen LogP contribution in [0.2, 0.25) is 0 Å². The molecule has 0 spiro atoms. The van der Waals surface area contributed by atoms with E-state index in [1.54, 1.807) is 31.2 Å². The van der Waals surface area contributed by atoms with Crippen molar-refractivity contribution in [2.75, 3.05) is 0 Å². The Kier molecular flexibility index (Phi) is 4.42. The summed E-state index contributed by atoms with van der Waals surface area (Å²) in [6, 6.07) is 7.00. The Labute approximate surface area is 116 Å². The van der Waals surface area contributed by atoms with E-state index in [4.69, 9.17) is 4.74 Å². The van der Waals surface area contributed by atoms with Crippen LogP contribution in [0.25, 0.3) is 0 Å². The third-order valence-electron chi connectivity index (χ3n) is 3.26. The lowest BCUT2D eigenvalue weighted by molar-refractivity contribution is -0.219. The zero-order chi connectivity index (χ0) is 14.0. The molecule has 1 fully saturated rings. The van der Waals surface area contributed by atoms with Gasteiger partial charge in [-0.25, -0.2) is 0 Å². The van der Waals surface area contributed by atoms with Gasteiger partial charge in [0.05, 0.1) is 17.0 Å². The van der Waals surface area contributed by atoms with Crippen molar-refractivity contribution in [1.82, 2.24) is 0 Å². The predicted molar refractivity (Wildman–Crippen MR) is 72.4 cm³/mol. The van der Waals surface area contributed by atoms with Gasteiger partial charge in [0, 0.05) is 5.56 Å². The summed E-state index contributed by atoms with van der Waals surface area (Å²) in [6.45, 7) is 1.64. The third kappa shape index (κ3) is 2.74. The molecule has 1 heterocycles. The molecule has 1 aliphatic heterocycles. The van der Waals surface area contributed by atoms with Crippen LogP contribution in [0.4, 0.5) is 5.69 Å². The minimum atomic E-state index is -1.27. The average Bonchev–Trinajstić information content (AvgIpc) is 2.42. The fourth-order valence-electron chi connectivity index (χ4n) is 2.19. The highest BCUT2D eigenvalue weighted by molar-refractivity contribution is 7.78. The van der Waals surface area contributed by atoms with E-state index in [9.17, 15) is 15.3 Å². The molecule has 0 bridgehead atoms. The number of isothiocyanates is 1. The minimum absolute atomic E-state index is 0.525. The number of rotatable bonds is 2. The fourth-order valence-corrected chi connectivity index (χ4v) is 2.29. The molecule has 0 radical (unpaired) electrons. The number of aliphatic hydroxyl groups is 3. The second-order valence-corrected chi connectivity index (χ2v) is 4.68. The molecule has 0 aliphatic carbocycles. The standard InChI is InChI=1S/C13H15NO4S/c1-7-10(15)11(16)12(17)13(18-7)8-4-2-3-5-9(8)14-6-19/h2-5,7,10-13,15-17H,1H3/t7-,10-,11+,12+,13-/m0/s1. The highest BCUT2D eigenvalue weighted by Gasteiger charge is 2.42. The maximum atomic E-state index is 10.0. The van der Waals surface area contributed by atoms with Gasteiger partial charge in [0.25, 0.3) is 0 Å². The molecule has 19 heavy (non-hydrogen) atoms. The van der Waals surface area contributed by atoms with Crippen LogP contribution in [0.3, 0.4) is 0 Å². The molecule has 102 valence electrons. The highest BCUT2D eigenvalue weighted by Crippen LogP contribution is 2.36. The zero-order valence-electron chi connectivity index (χ0n) is 10.3. The van der Waals surface area contributed by atoms with E-state index in [2.05, 4.69) is 22.4 Å². The molecule has 5 nitrogen and oxygen atoms in total. The van der Waals surface area contributed by atoms with Crippen molar-refractivity contribution in [3.63, 3.8) is 0 Å². The van der Waals surface area contributed by atoms with E-state index >= 15 is 0 Å². The van der Waals surface area contributed by atoms with E-state index in [0.717, 1.165) is 0 Å². The Balaban J connectivity index is 2.38. The second kappa shape index (κ2) is 5.88. The van der Waals surface area contributed by atoms with Crippen molar-refractivity contribution < 1.29 is 20.1 Å². The van der Waals surface area contributed by atoms with Crippen LogP contribution in [-0.4, -0.2) is 44.9 Å². The fraction of sp³-hybridized carbons (Fsp3) is 0.462. The molecule has 0 amide bonds. The molecular weight excluding hydrogens is 266 g/mol. The van der Waals surface area contributed by atoms with E-state index in [1.165, 1.54) is 0 Å². The van der Waals surface area contributed by atoms with Crippen LogP contribution in [0.5, 0.6) is 0 Å². The van der Waals surface area contributed by atoms with Gasteiger partial charge in [0.15, 0.2) is 0 Å². The minimum Gasteiger partial charge on any atom is -0.388 e. The number of benzene rings is 1. The first-order chi connectivity index (χ1) is 9.06. The molecule has 2 rings (SSSR count). The van der Waals surface area contributed by atoms with Crippen LogP contribution in [0.1, 0.15) is 18.6 Å². The summed E-state index contributed by atoms with van der Waals surface area (Å²) in [5, 5.41) is 31.8. The largest absolute Gasteiger partial charge is 0.388 e. The highest BCUT2D eigenvalue weighted by atomic mass is 32.1. The normalized spacial score (nSPS) is 34.6. The summed E-state index contributed by atoms with van der Waals surface area (Å²) in [5.41, 5.74) is 1.13. The van der Waals surface area contributed by atoms with Gasteiger partial charge in [-0.2, -0.15) is 4.99 Å². The van der Waals surface area contributed by atoms with E-state index < -0.39 is 30.5 Å². The number of para-hydroxylation sites is 1. The molecular formula is C13H15NO4S. The summed E-state index contributed by atoms with van der Waals surface area (Å²) in [7, 11) is 0. The summed E-state index contributed by atoms with van der Waals surface area (Å²) in [6.07, 6.45) is -4.97. The maximum Gasteiger partial charge on any atom is 0.114 e. The lowest BCUT2D eigenvalue weighted by atomic mass is 9.91. The molecule has 6 heteroatoms. The van der Waals surface area contributed by atoms with Gasteiger partial charge in [-0.3, -0.25) is 0 Å². The third-order valence-corrected chi connectivity index (χ3v) is 3.35. The van der Waals surface area contributed by atoms with Crippen molar-refractivity contribution in [1.29, 1.82) is 0 Å².